The molecule has 5 rings (SSSR count). The first-order valence-corrected chi connectivity index (χ1v) is 13.1. The lowest BCUT2D eigenvalue weighted by atomic mass is 9.95. The molecule has 0 unspecified atom stereocenters. The molecule has 2 aromatic carbocycles. The molecule has 184 valence electrons. The number of ether oxygens (including phenoxy) is 1. The lowest BCUT2D eigenvalue weighted by molar-refractivity contribution is 0.0378. The maximum absolute atomic E-state index is 13.9. The van der Waals surface area contributed by atoms with Crippen molar-refractivity contribution in [3.63, 3.8) is 0 Å². The molecule has 0 spiro atoms. The molecule has 1 amide bonds. The van der Waals surface area contributed by atoms with E-state index in [1.807, 2.05) is 81.4 Å². The van der Waals surface area contributed by atoms with Crippen molar-refractivity contribution < 1.29 is 14.3 Å². The number of rotatable bonds is 6. The molecule has 0 fully saturated rings. The normalized spacial score (nSPS) is 12.9. The second kappa shape index (κ2) is 10.1. The summed E-state index contributed by atoms with van der Waals surface area (Å²) in [5.74, 6) is -0.662. The van der Waals surface area contributed by atoms with E-state index in [1.54, 1.807) is 4.68 Å². The number of para-hydroxylation sites is 1. The van der Waals surface area contributed by atoms with Gasteiger partial charge in [-0.2, -0.15) is 5.10 Å². The van der Waals surface area contributed by atoms with Gasteiger partial charge in [0.15, 0.2) is 0 Å². The van der Waals surface area contributed by atoms with Crippen molar-refractivity contribution >= 4 is 28.2 Å². The number of anilines is 1. The molecule has 0 saturated carbocycles. The van der Waals surface area contributed by atoms with E-state index in [-0.39, 0.29) is 18.0 Å². The highest BCUT2D eigenvalue weighted by molar-refractivity contribution is 7.17. The smallest absolute Gasteiger partial charge is 0.341 e. The van der Waals surface area contributed by atoms with Crippen LogP contribution in [0.2, 0.25) is 0 Å². The predicted molar refractivity (Wildman–Crippen MR) is 143 cm³/mol. The fourth-order valence-corrected chi connectivity index (χ4v) is 5.97. The van der Waals surface area contributed by atoms with E-state index in [0.717, 1.165) is 53.1 Å². The molecule has 0 saturated heterocycles. The van der Waals surface area contributed by atoms with Gasteiger partial charge in [0, 0.05) is 10.4 Å². The number of aromatic nitrogens is 2. The van der Waals surface area contributed by atoms with E-state index in [2.05, 4.69) is 5.32 Å². The van der Waals surface area contributed by atoms with E-state index in [9.17, 15) is 9.59 Å². The van der Waals surface area contributed by atoms with Crippen LogP contribution in [0.4, 0.5) is 5.00 Å². The van der Waals surface area contributed by atoms with E-state index >= 15 is 0 Å². The average molecular weight is 500 g/mol. The highest BCUT2D eigenvalue weighted by Gasteiger charge is 2.30. The summed E-state index contributed by atoms with van der Waals surface area (Å²) in [5, 5.41) is 8.48. The fourth-order valence-electron chi connectivity index (χ4n) is 4.70. The minimum atomic E-state index is -0.375. The molecule has 4 aromatic rings. The lowest BCUT2D eigenvalue weighted by Crippen LogP contribution is -2.18. The molecule has 7 heteroatoms. The zero-order chi connectivity index (χ0) is 25.2. The van der Waals surface area contributed by atoms with Gasteiger partial charge in [-0.15, -0.1) is 11.3 Å². The Kier molecular flexibility index (Phi) is 6.74. The number of amides is 1. The molecule has 1 N–H and O–H groups in total. The third-order valence-corrected chi connectivity index (χ3v) is 7.54. The standard InChI is InChI=1S/C29H29N3O3S/c1-18(2)35-29(34)25-22-16-10-11-17-23(22)36-28(25)30-27(33)24-19(3)32(21-14-8-5-9-15-21)31-26(24)20-12-6-4-7-13-20/h4-9,12-15,18H,10-11,16-17H2,1-3H3,(H,30,33). The van der Waals surface area contributed by atoms with Crippen LogP contribution < -0.4 is 5.32 Å². The molecule has 2 heterocycles. The van der Waals surface area contributed by atoms with Gasteiger partial charge >= 0.3 is 5.97 Å². The minimum absolute atomic E-state index is 0.240. The van der Waals surface area contributed by atoms with Crippen molar-refractivity contribution in [1.82, 2.24) is 9.78 Å². The summed E-state index contributed by atoms with van der Waals surface area (Å²) < 4.78 is 7.36. The number of carbonyl (C=O) groups excluding carboxylic acids is 2. The molecule has 0 radical (unpaired) electrons. The molecular weight excluding hydrogens is 470 g/mol. The summed E-state index contributed by atoms with van der Waals surface area (Å²) in [5.41, 5.74) is 5.06. The lowest BCUT2D eigenvalue weighted by Gasteiger charge is -2.14. The van der Waals surface area contributed by atoms with Crippen LogP contribution in [0.15, 0.2) is 60.7 Å². The third-order valence-electron chi connectivity index (χ3n) is 6.34. The Bertz CT molecular complexity index is 1400. The summed E-state index contributed by atoms with van der Waals surface area (Å²) in [6.07, 6.45) is 3.61. The van der Waals surface area contributed by atoms with Crippen molar-refractivity contribution in [3.8, 4) is 16.9 Å². The number of aryl methyl sites for hydroxylation is 1. The SMILES string of the molecule is Cc1c(C(=O)Nc2sc3c(c2C(=O)OC(C)C)CCCC3)c(-c2ccccc2)nn1-c1ccccc1. The molecule has 6 nitrogen and oxygen atoms in total. The van der Waals surface area contributed by atoms with Crippen LogP contribution in [0.25, 0.3) is 16.9 Å². The first-order chi connectivity index (χ1) is 17.4. The van der Waals surface area contributed by atoms with Crippen LogP contribution in [0.1, 0.15) is 63.5 Å². The van der Waals surface area contributed by atoms with E-state index in [4.69, 9.17) is 9.84 Å². The van der Waals surface area contributed by atoms with Crippen LogP contribution in [0.5, 0.6) is 0 Å². The summed E-state index contributed by atoms with van der Waals surface area (Å²) in [6.45, 7) is 5.57. The topological polar surface area (TPSA) is 73.2 Å². The third kappa shape index (κ3) is 4.58. The average Bonchev–Trinajstić information content (AvgIpc) is 3.42. The summed E-state index contributed by atoms with van der Waals surface area (Å²) in [7, 11) is 0. The first-order valence-electron chi connectivity index (χ1n) is 12.3. The van der Waals surface area contributed by atoms with Gasteiger partial charge in [-0.25, -0.2) is 9.48 Å². The van der Waals surface area contributed by atoms with Crippen LogP contribution in [-0.4, -0.2) is 27.8 Å². The van der Waals surface area contributed by atoms with Crippen LogP contribution in [0.3, 0.4) is 0 Å². The van der Waals surface area contributed by atoms with Crippen LogP contribution in [0, 0.1) is 6.92 Å². The highest BCUT2D eigenvalue weighted by atomic mass is 32.1. The Morgan fingerprint density at radius 1 is 0.972 bits per heavy atom. The van der Waals surface area contributed by atoms with Gasteiger partial charge in [0.25, 0.3) is 5.91 Å². The number of hydrogen-bond acceptors (Lipinski definition) is 5. The highest BCUT2D eigenvalue weighted by Crippen LogP contribution is 2.39. The van der Waals surface area contributed by atoms with Gasteiger partial charge in [0.2, 0.25) is 0 Å². The van der Waals surface area contributed by atoms with Gasteiger partial charge < -0.3 is 10.1 Å². The van der Waals surface area contributed by atoms with E-state index < -0.39 is 0 Å². The van der Waals surface area contributed by atoms with Gasteiger partial charge in [-0.1, -0.05) is 48.5 Å². The molecular formula is C29H29N3O3S. The molecule has 0 aliphatic heterocycles. The monoisotopic (exact) mass is 499 g/mol. The Hall–Kier alpha value is -3.71. The van der Waals surface area contributed by atoms with Crippen LogP contribution >= 0.6 is 11.3 Å². The molecule has 36 heavy (non-hydrogen) atoms. The van der Waals surface area contributed by atoms with Crippen molar-refractivity contribution in [2.45, 2.75) is 52.6 Å². The van der Waals surface area contributed by atoms with Gasteiger partial charge in [0.05, 0.1) is 28.6 Å². The van der Waals surface area contributed by atoms with Gasteiger partial charge in [-0.05, 0) is 64.2 Å². The number of benzene rings is 2. The number of fused-ring (bicyclic) bond motifs is 1. The number of hydrogen-bond donors (Lipinski definition) is 1. The predicted octanol–water partition coefficient (Wildman–Crippen LogP) is 6.61. The fraction of sp³-hybridized carbons (Fsp3) is 0.276. The largest absolute Gasteiger partial charge is 0.459 e. The summed E-state index contributed by atoms with van der Waals surface area (Å²) in [6, 6.07) is 19.5. The minimum Gasteiger partial charge on any atom is -0.459 e. The number of nitrogens with one attached hydrogen (secondary N) is 1. The number of nitrogens with zero attached hydrogens (tertiary/aromatic N) is 2. The quantitative estimate of drug-likeness (QED) is 0.303. The second-order valence-electron chi connectivity index (χ2n) is 9.25. The molecule has 0 bridgehead atoms. The Balaban J connectivity index is 1.59. The second-order valence-corrected chi connectivity index (χ2v) is 10.4. The Morgan fingerprint density at radius 2 is 1.64 bits per heavy atom. The zero-order valence-electron chi connectivity index (χ0n) is 20.7. The van der Waals surface area contributed by atoms with Gasteiger partial charge in [-0.3, -0.25) is 4.79 Å². The number of esters is 1. The maximum Gasteiger partial charge on any atom is 0.341 e. The van der Waals surface area contributed by atoms with E-state index in [1.165, 1.54) is 11.3 Å². The van der Waals surface area contributed by atoms with Crippen molar-refractivity contribution in [2.24, 2.45) is 0 Å². The molecule has 1 aliphatic carbocycles. The Labute approximate surface area is 214 Å². The van der Waals surface area contributed by atoms with Crippen LogP contribution in [-0.2, 0) is 17.6 Å². The summed E-state index contributed by atoms with van der Waals surface area (Å²) in [4.78, 5) is 28.1. The number of carbonyl (C=O) groups is 2. The van der Waals surface area contributed by atoms with Gasteiger partial charge in [0.1, 0.15) is 10.7 Å². The molecule has 0 atom stereocenters. The zero-order valence-corrected chi connectivity index (χ0v) is 21.5. The first kappa shape index (κ1) is 24.0. The number of thiophene rings is 1. The Morgan fingerprint density at radius 3 is 2.33 bits per heavy atom. The van der Waals surface area contributed by atoms with Crippen molar-refractivity contribution in [1.29, 1.82) is 0 Å². The van der Waals surface area contributed by atoms with Crippen molar-refractivity contribution in [2.75, 3.05) is 5.32 Å². The summed E-state index contributed by atoms with van der Waals surface area (Å²) >= 11 is 1.49. The van der Waals surface area contributed by atoms with E-state index in [0.29, 0.717) is 21.8 Å². The maximum atomic E-state index is 13.9. The van der Waals surface area contributed by atoms with Crippen molar-refractivity contribution in [3.05, 3.63) is 87.9 Å². The molecule has 1 aliphatic rings. The molecule has 2 aromatic heterocycles.